The van der Waals surface area contributed by atoms with E-state index in [-0.39, 0.29) is 17.7 Å². The van der Waals surface area contributed by atoms with Crippen LogP contribution in [0.5, 0.6) is 0 Å². The van der Waals surface area contributed by atoms with Gasteiger partial charge < -0.3 is 5.32 Å². The van der Waals surface area contributed by atoms with Crippen LogP contribution in [0, 0.1) is 0 Å². The molecule has 0 saturated carbocycles. The number of hydrogen-bond donors (Lipinski definition) is 1. The van der Waals surface area contributed by atoms with Gasteiger partial charge in [0.1, 0.15) is 0 Å². The van der Waals surface area contributed by atoms with Gasteiger partial charge >= 0.3 is 0 Å². The van der Waals surface area contributed by atoms with Crippen LogP contribution in [0.4, 0.5) is 0 Å². The van der Waals surface area contributed by atoms with E-state index in [2.05, 4.69) is 11.9 Å². The van der Waals surface area contributed by atoms with E-state index < -0.39 is 0 Å². The molecule has 3 nitrogen and oxygen atoms in total. The lowest BCUT2D eigenvalue weighted by Gasteiger charge is -2.13. The number of carbonyl (C=O) groups is 2. The van der Waals surface area contributed by atoms with Crippen LogP contribution in [0.25, 0.3) is 0 Å². The Morgan fingerprint density at radius 3 is 2.85 bits per heavy atom. The summed E-state index contributed by atoms with van der Waals surface area (Å²) in [6.45, 7) is 5.26. The molecule has 0 radical (unpaired) electrons. The zero-order chi connectivity index (χ0) is 9.84. The molecule has 72 valence electrons. The fraction of sp³-hybridized carbons (Fsp3) is 0.600. The third-order valence-corrected chi connectivity index (χ3v) is 2.22. The van der Waals surface area contributed by atoms with Crippen LogP contribution in [-0.2, 0) is 9.59 Å². The minimum absolute atomic E-state index is 0.0166. The molecule has 1 N–H and O–H groups in total. The van der Waals surface area contributed by atoms with E-state index in [0.29, 0.717) is 12.0 Å². The molecular weight excluding hydrogens is 166 g/mol. The minimum Gasteiger partial charge on any atom is -0.346 e. The normalized spacial score (nSPS) is 23.2. The number of rotatable bonds is 2. The van der Waals surface area contributed by atoms with E-state index >= 15 is 0 Å². The predicted molar refractivity (Wildman–Crippen MR) is 50.2 cm³/mol. The Morgan fingerprint density at radius 1 is 1.54 bits per heavy atom. The molecule has 1 amide bonds. The Balaban J connectivity index is 2.62. The first-order valence-corrected chi connectivity index (χ1v) is 4.60. The Bertz CT molecular complexity index is 245. The molecule has 0 bridgehead atoms. The van der Waals surface area contributed by atoms with Gasteiger partial charge in [-0.2, -0.15) is 0 Å². The van der Waals surface area contributed by atoms with Gasteiger partial charge in [0, 0.05) is 6.42 Å². The number of amides is 1. The van der Waals surface area contributed by atoms with E-state index in [1.165, 1.54) is 0 Å². The molecule has 1 heterocycles. The second-order valence-corrected chi connectivity index (χ2v) is 3.51. The molecule has 0 spiro atoms. The van der Waals surface area contributed by atoms with Crippen LogP contribution in [0.2, 0.25) is 0 Å². The molecule has 1 atom stereocenters. The molecule has 0 aliphatic carbocycles. The van der Waals surface area contributed by atoms with Crippen molar-refractivity contribution in [3.05, 3.63) is 12.2 Å². The number of carbonyl (C=O) groups excluding carboxylic acids is 2. The molecular formula is C10H15NO2. The van der Waals surface area contributed by atoms with Crippen molar-refractivity contribution in [2.24, 2.45) is 0 Å². The molecule has 0 aromatic rings. The van der Waals surface area contributed by atoms with Gasteiger partial charge in [0.15, 0.2) is 5.78 Å². The van der Waals surface area contributed by atoms with Crippen LogP contribution in [-0.4, -0.2) is 17.7 Å². The van der Waals surface area contributed by atoms with Crippen LogP contribution < -0.4 is 5.32 Å². The van der Waals surface area contributed by atoms with Crippen molar-refractivity contribution in [2.45, 2.75) is 38.6 Å². The van der Waals surface area contributed by atoms with Gasteiger partial charge in [0.25, 0.3) is 0 Å². The second kappa shape index (κ2) is 4.21. The number of hydrogen-bond acceptors (Lipinski definition) is 2. The van der Waals surface area contributed by atoms with Crippen molar-refractivity contribution >= 4 is 11.7 Å². The quantitative estimate of drug-likeness (QED) is 0.650. The van der Waals surface area contributed by atoms with Gasteiger partial charge in [-0.3, -0.25) is 9.59 Å². The highest BCUT2D eigenvalue weighted by molar-refractivity contribution is 6.00. The number of ketones is 1. The summed E-state index contributed by atoms with van der Waals surface area (Å²) in [6.07, 6.45) is 3.10. The molecule has 1 saturated heterocycles. The van der Waals surface area contributed by atoms with Crippen LogP contribution in [0.1, 0.15) is 32.6 Å². The van der Waals surface area contributed by atoms with E-state index in [1.807, 2.05) is 0 Å². The van der Waals surface area contributed by atoms with Gasteiger partial charge in [-0.05, 0) is 25.3 Å². The summed E-state index contributed by atoms with van der Waals surface area (Å²) >= 11 is 0. The first-order chi connectivity index (χ1) is 6.11. The summed E-state index contributed by atoms with van der Waals surface area (Å²) in [5.74, 6) is -0.0487. The standard InChI is InChI=1S/C10H15NO2/c1-7(2)10(13)8-5-3-4-6-9(12)11-8/h8H,1,3-6H2,2H3,(H,11,12). The Kier molecular flexibility index (Phi) is 3.23. The van der Waals surface area contributed by atoms with E-state index in [0.717, 1.165) is 19.3 Å². The summed E-state index contributed by atoms with van der Waals surface area (Å²) in [5, 5.41) is 2.71. The van der Waals surface area contributed by atoms with Crippen molar-refractivity contribution in [3.63, 3.8) is 0 Å². The number of nitrogens with one attached hydrogen (secondary N) is 1. The highest BCUT2D eigenvalue weighted by Crippen LogP contribution is 2.12. The van der Waals surface area contributed by atoms with Gasteiger partial charge in [0.2, 0.25) is 5.91 Å². The Morgan fingerprint density at radius 2 is 2.23 bits per heavy atom. The zero-order valence-electron chi connectivity index (χ0n) is 7.93. The van der Waals surface area contributed by atoms with E-state index in [4.69, 9.17) is 0 Å². The molecule has 3 heteroatoms. The van der Waals surface area contributed by atoms with Crippen molar-refractivity contribution in [1.82, 2.24) is 5.32 Å². The van der Waals surface area contributed by atoms with Gasteiger partial charge in [-0.1, -0.05) is 13.0 Å². The van der Waals surface area contributed by atoms with Crippen LogP contribution in [0.15, 0.2) is 12.2 Å². The highest BCUT2D eigenvalue weighted by Gasteiger charge is 2.22. The summed E-state index contributed by atoms with van der Waals surface area (Å²) in [7, 11) is 0. The van der Waals surface area contributed by atoms with Crippen LogP contribution in [0.3, 0.4) is 0 Å². The molecule has 1 aliphatic heterocycles. The van der Waals surface area contributed by atoms with Crippen molar-refractivity contribution in [3.8, 4) is 0 Å². The summed E-state index contributed by atoms with van der Waals surface area (Å²) in [5.41, 5.74) is 0.521. The third-order valence-electron chi connectivity index (χ3n) is 2.22. The van der Waals surface area contributed by atoms with Gasteiger partial charge in [-0.25, -0.2) is 0 Å². The first kappa shape index (κ1) is 9.96. The van der Waals surface area contributed by atoms with Crippen LogP contribution >= 0.6 is 0 Å². The SMILES string of the molecule is C=C(C)C(=O)C1CCCCC(=O)N1. The predicted octanol–water partition coefficient (Wildman–Crippen LogP) is 1.19. The van der Waals surface area contributed by atoms with E-state index in [1.54, 1.807) is 6.92 Å². The first-order valence-electron chi connectivity index (χ1n) is 4.60. The summed E-state index contributed by atoms with van der Waals surface area (Å²) in [4.78, 5) is 22.6. The monoisotopic (exact) mass is 181 g/mol. The topological polar surface area (TPSA) is 46.2 Å². The summed E-state index contributed by atoms with van der Waals surface area (Å²) < 4.78 is 0. The maximum Gasteiger partial charge on any atom is 0.220 e. The Hall–Kier alpha value is -1.12. The fourth-order valence-corrected chi connectivity index (χ4v) is 1.47. The van der Waals surface area contributed by atoms with Gasteiger partial charge in [0.05, 0.1) is 6.04 Å². The average molecular weight is 181 g/mol. The lowest BCUT2D eigenvalue weighted by molar-refractivity contribution is -0.125. The van der Waals surface area contributed by atoms with Crippen molar-refractivity contribution in [1.29, 1.82) is 0 Å². The average Bonchev–Trinajstić information content (AvgIpc) is 2.28. The van der Waals surface area contributed by atoms with Crippen molar-refractivity contribution < 1.29 is 9.59 Å². The molecule has 0 aromatic heterocycles. The molecule has 1 rings (SSSR count). The highest BCUT2D eigenvalue weighted by atomic mass is 16.2. The van der Waals surface area contributed by atoms with E-state index in [9.17, 15) is 9.59 Å². The molecule has 0 aromatic carbocycles. The Labute approximate surface area is 78.2 Å². The fourth-order valence-electron chi connectivity index (χ4n) is 1.47. The molecule has 13 heavy (non-hydrogen) atoms. The zero-order valence-corrected chi connectivity index (χ0v) is 7.93. The third kappa shape index (κ3) is 2.68. The maximum atomic E-state index is 11.5. The largest absolute Gasteiger partial charge is 0.346 e. The molecule has 1 aliphatic rings. The molecule has 1 unspecified atom stereocenters. The van der Waals surface area contributed by atoms with Gasteiger partial charge in [-0.15, -0.1) is 0 Å². The molecule has 1 fully saturated rings. The second-order valence-electron chi connectivity index (χ2n) is 3.51. The summed E-state index contributed by atoms with van der Waals surface area (Å²) in [6, 6.07) is -0.326. The maximum absolute atomic E-state index is 11.5. The lowest BCUT2D eigenvalue weighted by Crippen LogP contribution is -2.39. The van der Waals surface area contributed by atoms with Crippen molar-refractivity contribution in [2.75, 3.05) is 0 Å². The number of Topliss-reactive ketones (excluding diaryl/α,β-unsaturated/α-hetero) is 1. The minimum atomic E-state index is -0.326. The lowest BCUT2D eigenvalue weighted by atomic mass is 10.0. The smallest absolute Gasteiger partial charge is 0.220 e.